The Bertz CT molecular complexity index is 581. The van der Waals surface area contributed by atoms with Gasteiger partial charge in [0.2, 0.25) is 5.89 Å². The molecule has 2 N–H and O–H groups in total. The third-order valence-corrected chi connectivity index (χ3v) is 4.33. The molecule has 0 spiro atoms. The fourth-order valence-corrected chi connectivity index (χ4v) is 2.85. The van der Waals surface area contributed by atoms with E-state index < -0.39 is 6.43 Å². The average molecular weight is 499 g/mol. The van der Waals surface area contributed by atoms with Crippen molar-refractivity contribution in [1.82, 2.24) is 20.5 Å². The smallest absolute Gasteiger partial charge is 0.251 e. The highest BCUT2D eigenvalue weighted by molar-refractivity contribution is 14.0. The summed E-state index contributed by atoms with van der Waals surface area (Å²) in [6, 6.07) is 0.233. The molecule has 0 aromatic carbocycles. The van der Waals surface area contributed by atoms with Crippen LogP contribution >= 0.6 is 24.0 Å². The second-order valence-electron chi connectivity index (χ2n) is 7.67. The van der Waals surface area contributed by atoms with E-state index in [2.05, 4.69) is 41.4 Å². The number of guanidine groups is 1. The maximum absolute atomic E-state index is 12.5. The molecule has 1 aliphatic rings. The van der Waals surface area contributed by atoms with E-state index in [0.717, 1.165) is 25.1 Å². The van der Waals surface area contributed by atoms with Gasteiger partial charge in [-0.05, 0) is 19.8 Å². The van der Waals surface area contributed by atoms with Crippen LogP contribution in [0, 0.1) is 0 Å². The van der Waals surface area contributed by atoms with Crippen LogP contribution in [0.15, 0.2) is 15.6 Å². The standard InChI is InChI=1S/C18H31F2N5O.HI/c1-5-21-17(23-11-16-22-10-14(26-16)18(2,3)4)24-13-6-8-25(9-7-13)12-15(19)20;/h10,13,15H,5-9,11-12H2,1-4H3,(H2,21,23,24);1H. The SMILES string of the molecule is CCNC(=NCc1ncc(C(C)(C)C)o1)NC1CCN(CC(F)F)CC1.I. The highest BCUT2D eigenvalue weighted by Gasteiger charge is 2.22. The highest BCUT2D eigenvalue weighted by Crippen LogP contribution is 2.22. The number of hydrogen-bond acceptors (Lipinski definition) is 4. The van der Waals surface area contributed by atoms with E-state index in [4.69, 9.17) is 4.42 Å². The molecular formula is C18H32F2IN5O. The summed E-state index contributed by atoms with van der Waals surface area (Å²) in [7, 11) is 0. The zero-order valence-corrected chi connectivity index (χ0v) is 18.9. The van der Waals surface area contributed by atoms with Crippen molar-refractivity contribution in [1.29, 1.82) is 0 Å². The lowest BCUT2D eigenvalue weighted by Crippen LogP contribution is -2.49. The Kier molecular flexibility index (Phi) is 9.92. The van der Waals surface area contributed by atoms with Crippen LogP contribution in [0.1, 0.15) is 52.2 Å². The second kappa shape index (κ2) is 11.1. The highest BCUT2D eigenvalue weighted by atomic mass is 127. The van der Waals surface area contributed by atoms with Gasteiger partial charge in [-0.2, -0.15) is 0 Å². The molecule has 27 heavy (non-hydrogen) atoms. The molecule has 1 aromatic rings. The molecule has 0 atom stereocenters. The molecule has 0 amide bonds. The van der Waals surface area contributed by atoms with E-state index in [1.54, 1.807) is 6.20 Å². The third-order valence-electron chi connectivity index (χ3n) is 4.33. The Labute approximate surface area is 177 Å². The first-order chi connectivity index (χ1) is 12.3. The number of nitrogens with one attached hydrogen (secondary N) is 2. The van der Waals surface area contributed by atoms with Gasteiger partial charge >= 0.3 is 0 Å². The summed E-state index contributed by atoms with van der Waals surface area (Å²) in [5.41, 5.74) is -0.0795. The molecule has 1 fully saturated rings. The first-order valence-corrected chi connectivity index (χ1v) is 9.28. The van der Waals surface area contributed by atoms with Gasteiger partial charge in [0.1, 0.15) is 12.3 Å². The second-order valence-corrected chi connectivity index (χ2v) is 7.67. The minimum absolute atomic E-state index is 0. The maximum Gasteiger partial charge on any atom is 0.251 e. The van der Waals surface area contributed by atoms with Gasteiger partial charge in [-0.15, -0.1) is 24.0 Å². The lowest BCUT2D eigenvalue weighted by atomic mass is 9.94. The predicted molar refractivity (Wildman–Crippen MR) is 114 cm³/mol. The Morgan fingerprint density at radius 1 is 1.37 bits per heavy atom. The lowest BCUT2D eigenvalue weighted by molar-refractivity contribution is 0.0744. The number of rotatable bonds is 6. The van der Waals surface area contributed by atoms with E-state index in [1.807, 2.05) is 11.8 Å². The molecule has 0 unspecified atom stereocenters. The number of aromatic nitrogens is 1. The number of piperidine rings is 1. The molecule has 9 heteroatoms. The maximum atomic E-state index is 12.5. The van der Waals surface area contributed by atoms with Crippen LogP contribution < -0.4 is 10.6 Å². The largest absolute Gasteiger partial charge is 0.443 e. The fourth-order valence-electron chi connectivity index (χ4n) is 2.85. The number of aliphatic imine (C=N–C) groups is 1. The van der Waals surface area contributed by atoms with Crippen molar-refractivity contribution in [3.63, 3.8) is 0 Å². The minimum atomic E-state index is -2.27. The third kappa shape index (κ3) is 8.28. The molecule has 1 saturated heterocycles. The molecule has 1 aliphatic heterocycles. The van der Waals surface area contributed by atoms with Crippen LogP contribution in [0.4, 0.5) is 8.78 Å². The lowest BCUT2D eigenvalue weighted by Gasteiger charge is -2.32. The number of alkyl halides is 2. The first-order valence-electron chi connectivity index (χ1n) is 9.28. The number of likely N-dealkylation sites (tertiary alicyclic amines) is 1. The van der Waals surface area contributed by atoms with Crippen molar-refractivity contribution in [2.45, 2.75) is 65.0 Å². The Hall–Kier alpha value is -0.970. The van der Waals surface area contributed by atoms with E-state index in [0.29, 0.717) is 31.5 Å². The Morgan fingerprint density at radius 3 is 2.56 bits per heavy atom. The van der Waals surface area contributed by atoms with Crippen LogP contribution in [0.2, 0.25) is 0 Å². The molecule has 1 aromatic heterocycles. The summed E-state index contributed by atoms with van der Waals surface area (Å²) in [5.74, 6) is 2.13. The molecule has 0 radical (unpaired) electrons. The summed E-state index contributed by atoms with van der Waals surface area (Å²) in [5, 5.41) is 6.61. The van der Waals surface area contributed by atoms with E-state index in [9.17, 15) is 8.78 Å². The predicted octanol–water partition coefficient (Wildman–Crippen LogP) is 3.37. The summed E-state index contributed by atoms with van der Waals surface area (Å²) in [6.07, 6.45) is 1.13. The van der Waals surface area contributed by atoms with Gasteiger partial charge < -0.3 is 15.1 Å². The molecule has 0 bridgehead atoms. The number of oxazole rings is 1. The number of hydrogen-bond donors (Lipinski definition) is 2. The molecular weight excluding hydrogens is 467 g/mol. The quantitative estimate of drug-likeness (QED) is 0.357. The minimum Gasteiger partial charge on any atom is -0.443 e. The molecule has 0 aliphatic carbocycles. The van der Waals surface area contributed by atoms with Crippen LogP contribution in [-0.2, 0) is 12.0 Å². The van der Waals surface area contributed by atoms with Gasteiger partial charge in [0.05, 0.1) is 12.7 Å². The van der Waals surface area contributed by atoms with E-state index in [1.165, 1.54) is 0 Å². The van der Waals surface area contributed by atoms with Gasteiger partial charge in [-0.25, -0.2) is 18.8 Å². The zero-order valence-electron chi connectivity index (χ0n) is 16.6. The van der Waals surface area contributed by atoms with Gasteiger partial charge in [0, 0.05) is 31.1 Å². The normalized spacial score (nSPS) is 17.1. The van der Waals surface area contributed by atoms with E-state index in [-0.39, 0.29) is 42.0 Å². The first kappa shape index (κ1) is 24.1. The Balaban J connectivity index is 0.00000364. The summed E-state index contributed by atoms with van der Waals surface area (Å²) < 4.78 is 30.7. The number of nitrogens with zero attached hydrogens (tertiary/aromatic N) is 3. The van der Waals surface area contributed by atoms with Crippen molar-refractivity contribution in [2.75, 3.05) is 26.2 Å². The zero-order chi connectivity index (χ0) is 19.2. The summed E-state index contributed by atoms with van der Waals surface area (Å²) >= 11 is 0. The molecule has 6 nitrogen and oxygen atoms in total. The van der Waals surface area contributed by atoms with Crippen LogP contribution in [0.25, 0.3) is 0 Å². The van der Waals surface area contributed by atoms with Gasteiger partial charge in [-0.3, -0.25) is 4.90 Å². The van der Waals surface area contributed by atoms with Crippen molar-refractivity contribution in [3.8, 4) is 0 Å². The topological polar surface area (TPSA) is 65.7 Å². The van der Waals surface area contributed by atoms with Gasteiger partial charge in [0.25, 0.3) is 6.43 Å². The van der Waals surface area contributed by atoms with Crippen molar-refractivity contribution in [2.24, 2.45) is 4.99 Å². The van der Waals surface area contributed by atoms with E-state index >= 15 is 0 Å². The van der Waals surface area contributed by atoms with Crippen molar-refractivity contribution >= 4 is 29.9 Å². The summed E-state index contributed by atoms with van der Waals surface area (Å²) in [4.78, 5) is 10.7. The average Bonchev–Trinajstić information content (AvgIpc) is 3.03. The van der Waals surface area contributed by atoms with Crippen LogP contribution in [0.5, 0.6) is 0 Å². The van der Waals surface area contributed by atoms with Crippen LogP contribution in [0.3, 0.4) is 0 Å². The van der Waals surface area contributed by atoms with Gasteiger partial charge in [0.15, 0.2) is 5.96 Å². The molecule has 2 rings (SSSR count). The van der Waals surface area contributed by atoms with Crippen molar-refractivity contribution < 1.29 is 13.2 Å². The fraction of sp³-hybridized carbons (Fsp3) is 0.778. The van der Waals surface area contributed by atoms with Gasteiger partial charge in [-0.1, -0.05) is 20.8 Å². The number of halogens is 3. The molecule has 2 heterocycles. The molecule has 156 valence electrons. The molecule has 0 saturated carbocycles. The Morgan fingerprint density at radius 2 is 2.04 bits per heavy atom. The monoisotopic (exact) mass is 499 g/mol. The van der Waals surface area contributed by atoms with Crippen LogP contribution in [-0.4, -0.2) is 54.5 Å². The summed E-state index contributed by atoms with van der Waals surface area (Å²) in [6.45, 7) is 10.6. The van der Waals surface area contributed by atoms with Crippen molar-refractivity contribution in [3.05, 3.63) is 17.8 Å².